The number of rotatable bonds is 1. The van der Waals surface area contributed by atoms with Crippen LogP contribution in [0.4, 0.5) is 4.39 Å². The molecule has 0 aliphatic heterocycles. The zero-order chi connectivity index (χ0) is 9.68. The lowest BCUT2D eigenvalue weighted by Gasteiger charge is -1.95. The Morgan fingerprint density at radius 2 is 2.23 bits per heavy atom. The molecule has 0 fully saturated rings. The lowest BCUT2D eigenvalue weighted by atomic mass is 10.2. The Hall–Kier alpha value is -1.04. The predicted octanol–water partition coefficient (Wildman–Crippen LogP) is 2.21. The minimum absolute atomic E-state index is 0.0287. The Morgan fingerprint density at radius 1 is 1.46 bits per heavy atom. The van der Waals surface area contributed by atoms with Crippen molar-refractivity contribution in [3.8, 4) is 11.8 Å². The maximum Gasteiger partial charge on any atom is 0.140 e. The maximum absolute atomic E-state index is 13.0. The van der Waals surface area contributed by atoms with Crippen LogP contribution in [0.5, 0.6) is 0 Å². The molecule has 13 heavy (non-hydrogen) atoms. The van der Waals surface area contributed by atoms with Gasteiger partial charge in [0.1, 0.15) is 5.82 Å². The van der Waals surface area contributed by atoms with Gasteiger partial charge >= 0.3 is 0 Å². The number of aliphatic hydroxyl groups is 1. The average molecular weight is 199 g/mol. The highest BCUT2D eigenvalue weighted by Gasteiger charge is 2.01. The minimum Gasteiger partial charge on any atom is -0.395 e. The third kappa shape index (κ3) is 2.73. The Morgan fingerprint density at radius 3 is 2.85 bits per heavy atom. The molecule has 0 aromatic heterocycles. The largest absolute Gasteiger partial charge is 0.395 e. The normalized spacial score (nSPS) is 9.15. The second-order valence-electron chi connectivity index (χ2n) is 2.37. The second-order valence-corrected chi connectivity index (χ2v) is 2.78. The Kier molecular flexibility index (Phi) is 3.75. The molecular weight excluding hydrogens is 191 g/mol. The third-order valence-corrected chi connectivity index (χ3v) is 1.73. The van der Waals surface area contributed by atoms with Crippen LogP contribution in [0.2, 0.25) is 5.02 Å². The molecule has 0 radical (unpaired) electrons. The molecule has 1 aromatic carbocycles. The first kappa shape index (κ1) is 10.0. The number of aliphatic hydroxyl groups excluding tert-OH is 1. The van der Waals surface area contributed by atoms with Crippen molar-refractivity contribution in [2.75, 3.05) is 6.61 Å². The van der Waals surface area contributed by atoms with E-state index in [-0.39, 0.29) is 12.2 Å². The molecule has 1 N–H and O–H groups in total. The summed E-state index contributed by atoms with van der Waals surface area (Å²) in [5, 5.41) is 8.75. The molecule has 0 saturated carbocycles. The van der Waals surface area contributed by atoms with Crippen LogP contribution in [0, 0.1) is 17.7 Å². The van der Waals surface area contributed by atoms with Gasteiger partial charge in [-0.1, -0.05) is 29.5 Å². The minimum atomic E-state index is -0.432. The lowest BCUT2D eigenvalue weighted by molar-refractivity contribution is 0.305. The van der Waals surface area contributed by atoms with Crippen LogP contribution in [-0.4, -0.2) is 11.7 Å². The Bertz CT molecular complexity index is 331. The van der Waals surface area contributed by atoms with Gasteiger partial charge in [0.15, 0.2) is 0 Å². The van der Waals surface area contributed by atoms with Gasteiger partial charge in [0.2, 0.25) is 0 Å². The van der Waals surface area contributed by atoms with E-state index in [2.05, 4.69) is 11.8 Å². The summed E-state index contributed by atoms with van der Waals surface area (Å²) in [5.41, 5.74) is 0.192. The highest BCUT2D eigenvalue weighted by molar-refractivity contribution is 6.31. The highest BCUT2D eigenvalue weighted by atomic mass is 35.5. The van der Waals surface area contributed by atoms with Crippen molar-refractivity contribution in [3.05, 3.63) is 34.6 Å². The monoisotopic (exact) mass is 198 g/mol. The fourth-order valence-electron chi connectivity index (χ4n) is 0.824. The van der Waals surface area contributed by atoms with Crippen molar-refractivity contribution < 1.29 is 9.50 Å². The van der Waals surface area contributed by atoms with Crippen molar-refractivity contribution in [2.24, 2.45) is 0 Å². The van der Waals surface area contributed by atoms with E-state index in [1.54, 1.807) is 6.07 Å². The van der Waals surface area contributed by atoms with E-state index >= 15 is 0 Å². The summed E-state index contributed by atoms with van der Waals surface area (Å²) in [6, 6.07) is 4.40. The third-order valence-electron chi connectivity index (χ3n) is 1.41. The van der Waals surface area contributed by atoms with Crippen LogP contribution in [0.1, 0.15) is 12.0 Å². The van der Waals surface area contributed by atoms with Gasteiger partial charge < -0.3 is 5.11 Å². The highest BCUT2D eigenvalue weighted by Crippen LogP contribution is 2.17. The van der Waals surface area contributed by atoms with Gasteiger partial charge in [0, 0.05) is 6.42 Å². The van der Waals surface area contributed by atoms with Crippen molar-refractivity contribution in [3.63, 3.8) is 0 Å². The van der Waals surface area contributed by atoms with Gasteiger partial charge in [0.05, 0.1) is 17.2 Å². The van der Waals surface area contributed by atoms with Crippen LogP contribution >= 0.6 is 11.6 Å². The summed E-state index contributed by atoms with van der Waals surface area (Å²) in [6.45, 7) is -0.0287. The van der Waals surface area contributed by atoms with E-state index in [0.29, 0.717) is 11.4 Å². The van der Waals surface area contributed by atoms with Gasteiger partial charge in [-0.2, -0.15) is 0 Å². The van der Waals surface area contributed by atoms with Gasteiger partial charge in [-0.3, -0.25) is 0 Å². The fourth-order valence-corrected chi connectivity index (χ4v) is 1.03. The second kappa shape index (κ2) is 4.86. The molecule has 1 rings (SSSR count). The van der Waals surface area contributed by atoms with E-state index in [4.69, 9.17) is 16.7 Å². The van der Waals surface area contributed by atoms with Gasteiger partial charge in [0.25, 0.3) is 0 Å². The molecule has 0 unspecified atom stereocenters. The molecule has 0 aliphatic carbocycles. The van der Waals surface area contributed by atoms with Crippen LogP contribution in [0.25, 0.3) is 0 Å². The van der Waals surface area contributed by atoms with E-state index < -0.39 is 5.82 Å². The molecule has 3 heteroatoms. The van der Waals surface area contributed by atoms with Gasteiger partial charge in [-0.25, -0.2) is 4.39 Å². The summed E-state index contributed by atoms with van der Waals surface area (Å²) < 4.78 is 13.0. The molecule has 0 saturated heterocycles. The molecule has 0 aliphatic rings. The number of hydrogen-bond acceptors (Lipinski definition) is 1. The maximum atomic E-state index is 13.0. The van der Waals surface area contributed by atoms with Crippen LogP contribution in [-0.2, 0) is 0 Å². The topological polar surface area (TPSA) is 20.2 Å². The zero-order valence-corrected chi connectivity index (χ0v) is 7.61. The first-order valence-electron chi connectivity index (χ1n) is 3.79. The summed E-state index contributed by atoms with van der Waals surface area (Å²) in [4.78, 5) is 0. The Balaban J connectivity index is 2.95. The molecule has 0 heterocycles. The molecule has 68 valence electrons. The SMILES string of the molecule is OCCC#Cc1c(F)cccc1Cl. The molecule has 0 amide bonds. The average Bonchev–Trinajstić information content (AvgIpc) is 2.10. The van der Waals surface area contributed by atoms with E-state index in [1.807, 2.05) is 0 Å². The zero-order valence-electron chi connectivity index (χ0n) is 6.85. The molecular formula is C10H8ClFO. The predicted molar refractivity (Wildman–Crippen MR) is 50.0 cm³/mol. The molecule has 1 aromatic rings. The fraction of sp³-hybridized carbons (Fsp3) is 0.200. The van der Waals surface area contributed by atoms with Gasteiger partial charge in [-0.15, -0.1) is 0 Å². The first-order chi connectivity index (χ1) is 6.25. The lowest BCUT2D eigenvalue weighted by Crippen LogP contribution is -1.84. The summed E-state index contributed by atoms with van der Waals surface area (Å²) in [5.74, 6) is 4.74. The van der Waals surface area contributed by atoms with Crippen molar-refractivity contribution in [1.82, 2.24) is 0 Å². The smallest absolute Gasteiger partial charge is 0.140 e. The van der Waals surface area contributed by atoms with Gasteiger partial charge in [-0.05, 0) is 12.1 Å². The number of hydrogen-bond donors (Lipinski definition) is 1. The van der Waals surface area contributed by atoms with Crippen molar-refractivity contribution in [1.29, 1.82) is 0 Å². The number of halogens is 2. The summed E-state index contributed by atoms with van der Waals surface area (Å²) >= 11 is 5.70. The van der Waals surface area contributed by atoms with E-state index in [9.17, 15) is 4.39 Å². The summed E-state index contributed by atoms with van der Waals surface area (Å²) in [7, 11) is 0. The van der Waals surface area contributed by atoms with Crippen LogP contribution < -0.4 is 0 Å². The molecule has 1 nitrogen and oxygen atoms in total. The standard InChI is InChI=1S/C10H8ClFO/c11-9-5-3-6-10(12)8(9)4-1-2-7-13/h3,5-6,13H,2,7H2. The number of benzene rings is 1. The van der Waals surface area contributed by atoms with E-state index in [0.717, 1.165) is 0 Å². The molecule has 0 atom stereocenters. The molecule has 0 spiro atoms. The summed E-state index contributed by atoms with van der Waals surface area (Å²) in [6.07, 6.45) is 0.324. The van der Waals surface area contributed by atoms with Crippen LogP contribution in [0.15, 0.2) is 18.2 Å². The quantitative estimate of drug-likeness (QED) is 0.686. The van der Waals surface area contributed by atoms with E-state index in [1.165, 1.54) is 12.1 Å². The molecule has 0 bridgehead atoms. The Labute approximate surface area is 81.2 Å². The van der Waals surface area contributed by atoms with Crippen LogP contribution in [0.3, 0.4) is 0 Å². The first-order valence-corrected chi connectivity index (χ1v) is 4.17. The van der Waals surface area contributed by atoms with Crippen molar-refractivity contribution in [2.45, 2.75) is 6.42 Å². The van der Waals surface area contributed by atoms with Crippen molar-refractivity contribution >= 4 is 11.6 Å².